The van der Waals surface area contributed by atoms with E-state index in [0.29, 0.717) is 0 Å². The second-order valence-corrected chi connectivity index (χ2v) is 10.7. The van der Waals surface area contributed by atoms with Crippen LogP contribution in [0.4, 0.5) is 0 Å². The Balaban J connectivity index is 0.000000499. The first-order valence-corrected chi connectivity index (χ1v) is 13.4. The van der Waals surface area contributed by atoms with Crippen LogP contribution in [0.3, 0.4) is 0 Å². The molecule has 0 aliphatic heterocycles. The van der Waals surface area contributed by atoms with Crippen LogP contribution in [0.25, 0.3) is 27.1 Å². The van der Waals surface area contributed by atoms with E-state index in [1.54, 1.807) is 0 Å². The average Bonchev–Trinajstić information content (AvgIpc) is 3.15. The molecule has 0 radical (unpaired) electrons. The number of halogens is 1. The molecule has 0 spiro atoms. The predicted octanol–water partition coefficient (Wildman–Crippen LogP) is 1.57. The van der Waals surface area contributed by atoms with E-state index < -0.39 is 10.2 Å². The summed E-state index contributed by atoms with van der Waals surface area (Å²) in [6.07, 6.45) is 12.4. The lowest BCUT2D eigenvalue weighted by molar-refractivity contribution is -2.00. The number of rotatable bonds is 3. The van der Waals surface area contributed by atoms with E-state index in [9.17, 15) is 0 Å². The molecule has 2 aliphatic carbocycles. The zero-order chi connectivity index (χ0) is 24.5. The van der Waals surface area contributed by atoms with Crippen LogP contribution in [0, 0.1) is 16.2 Å². The van der Waals surface area contributed by atoms with Crippen LogP contribution in [0.5, 0.6) is 0 Å². The quantitative estimate of drug-likeness (QED) is 0.508. The average molecular weight is 501 g/mol. The number of nitrogens with zero attached hydrogens (tertiary/aromatic N) is 2. The van der Waals surface area contributed by atoms with E-state index in [4.69, 9.17) is 18.6 Å². The van der Waals surface area contributed by atoms with Gasteiger partial charge in [-0.25, -0.2) is 18.6 Å². The van der Waals surface area contributed by atoms with Crippen molar-refractivity contribution in [2.24, 2.45) is 5.92 Å². The maximum Gasteiger partial charge on any atom is 0.263 e. The van der Waals surface area contributed by atoms with Gasteiger partial charge in [0.1, 0.15) is 11.2 Å². The Labute approximate surface area is 206 Å². The Hall–Kier alpha value is -2.26. The summed E-state index contributed by atoms with van der Waals surface area (Å²) < 4.78 is 37.9. The van der Waals surface area contributed by atoms with E-state index in [-0.39, 0.29) is 0 Å². The molecule has 8 heteroatoms. The van der Waals surface area contributed by atoms with Crippen molar-refractivity contribution < 1.29 is 33.4 Å². The first-order chi connectivity index (χ1) is 16.1. The third kappa shape index (κ3) is 5.68. The van der Waals surface area contributed by atoms with Gasteiger partial charge in [0.25, 0.3) is 5.01 Å². The molecule has 2 aromatic carbocycles. The third-order valence-electron chi connectivity index (χ3n) is 6.50. The highest BCUT2D eigenvalue weighted by Crippen LogP contribution is 2.38. The number of hydrogen-bond donors (Lipinski definition) is 0. The second-order valence-electron chi connectivity index (χ2n) is 8.86. The minimum absolute atomic E-state index is 0.750. The lowest BCUT2D eigenvalue weighted by Crippen LogP contribution is -2.68. The maximum absolute atomic E-state index is 8.49. The molecule has 180 valence electrons. The summed E-state index contributed by atoms with van der Waals surface area (Å²) in [5.74, 6) is 0.750. The second kappa shape index (κ2) is 10.2. The van der Waals surface area contributed by atoms with Gasteiger partial charge in [-0.1, -0.05) is 41.7 Å². The Bertz CT molecular complexity index is 1280. The molecule has 3 aromatic rings. The number of aryl methyl sites for hydroxylation is 1. The monoisotopic (exact) mass is 500 g/mol. The van der Waals surface area contributed by atoms with Gasteiger partial charge in [-0.3, -0.25) is 0 Å². The van der Waals surface area contributed by atoms with Gasteiger partial charge in [-0.2, -0.15) is 4.57 Å². The van der Waals surface area contributed by atoms with Crippen molar-refractivity contribution in [1.82, 2.24) is 4.90 Å². The van der Waals surface area contributed by atoms with Gasteiger partial charge in [0.05, 0.1) is 5.39 Å². The number of benzene rings is 2. The van der Waals surface area contributed by atoms with Crippen LogP contribution in [-0.4, -0.2) is 19.0 Å². The Morgan fingerprint density at radius 3 is 2.44 bits per heavy atom. The first-order valence-electron chi connectivity index (χ1n) is 11.4. The molecule has 0 bridgehead atoms. The summed E-state index contributed by atoms with van der Waals surface area (Å²) >= 11 is 1.93. The van der Waals surface area contributed by atoms with Gasteiger partial charge in [0, 0.05) is 25.9 Å². The maximum atomic E-state index is 8.49. The topological polar surface area (TPSA) is 99.4 Å². The highest BCUT2D eigenvalue weighted by molar-refractivity contribution is 7.19. The third-order valence-corrected chi connectivity index (χ3v) is 7.60. The van der Waals surface area contributed by atoms with E-state index in [2.05, 4.69) is 85.1 Å². The minimum atomic E-state index is -4.94. The SMILES string of the molecule is CC[n+]1c(/C=C2/C=C3C=C(N(C)C)CCC3CC2)sc2ccc3ccccc3c21.[O-][Cl+3]([O-])([O-])[O-]. The first kappa shape index (κ1) is 24.9. The van der Waals surface area contributed by atoms with Gasteiger partial charge in [-0.05, 0) is 73.3 Å². The standard InChI is InChI=1S/C26H29N2S.ClHO4/c1-4-28-25(29-24-14-12-20-7-5-6-8-23(20)26(24)28)16-18-9-10-19-11-13-22(27(2)3)17-21(19)15-18;2-1(3,4)5/h5-8,12,14-17,19H,4,9-11,13H2,1-3H3;(H,2,3,4,5)/q+1;/p-1. The molecular weight excluding hydrogens is 472 g/mol. The van der Waals surface area contributed by atoms with Crippen molar-refractivity contribution in [3.63, 3.8) is 0 Å². The van der Waals surface area contributed by atoms with Gasteiger partial charge < -0.3 is 4.90 Å². The van der Waals surface area contributed by atoms with Gasteiger partial charge in [0.2, 0.25) is 5.52 Å². The lowest BCUT2D eigenvalue weighted by atomic mass is 9.78. The van der Waals surface area contributed by atoms with E-state index >= 15 is 0 Å². The smallest absolute Gasteiger partial charge is 0.263 e. The van der Waals surface area contributed by atoms with Crippen LogP contribution >= 0.6 is 11.3 Å². The molecular formula is C26H29ClN2O4S. The van der Waals surface area contributed by atoms with Crippen molar-refractivity contribution in [2.75, 3.05) is 14.1 Å². The van der Waals surface area contributed by atoms with Crippen LogP contribution in [0.15, 0.2) is 65.4 Å². The van der Waals surface area contributed by atoms with Crippen molar-refractivity contribution >= 4 is 38.4 Å². The summed E-state index contributed by atoms with van der Waals surface area (Å²) in [4.78, 5) is 2.27. The molecule has 1 aromatic heterocycles. The fraction of sp³-hybridized carbons (Fsp3) is 0.346. The molecule has 34 heavy (non-hydrogen) atoms. The molecule has 2 aliphatic rings. The number of hydrogen-bond acceptors (Lipinski definition) is 6. The largest absolute Gasteiger partial charge is 0.381 e. The summed E-state index contributed by atoms with van der Waals surface area (Å²) in [6, 6.07) is 13.3. The van der Waals surface area contributed by atoms with E-state index in [1.807, 2.05) is 11.3 Å². The molecule has 0 saturated carbocycles. The molecule has 1 heterocycles. The normalized spacial score (nSPS) is 19.4. The molecule has 0 N–H and O–H groups in total. The molecule has 5 rings (SSSR count). The predicted molar refractivity (Wildman–Crippen MR) is 125 cm³/mol. The number of thiazole rings is 1. The zero-order valence-corrected chi connectivity index (χ0v) is 21.2. The molecule has 0 amide bonds. The summed E-state index contributed by atoms with van der Waals surface area (Å²) in [5, 5.41) is 4.06. The zero-order valence-electron chi connectivity index (χ0n) is 19.6. The number of allylic oxidation sites excluding steroid dienone is 5. The molecule has 0 saturated heterocycles. The van der Waals surface area contributed by atoms with Crippen LogP contribution in [-0.2, 0) is 6.54 Å². The van der Waals surface area contributed by atoms with Crippen LogP contribution in [0.2, 0.25) is 0 Å². The fourth-order valence-electron chi connectivity index (χ4n) is 4.89. The molecule has 1 unspecified atom stereocenters. The number of fused-ring (bicyclic) bond motifs is 4. The summed E-state index contributed by atoms with van der Waals surface area (Å²) in [7, 11) is -0.615. The van der Waals surface area contributed by atoms with Crippen LogP contribution in [0.1, 0.15) is 37.6 Å². The van der Waals surface area contributed by atoms with E-state index in [1.165, 1.54) is 68.5 Å². The van der Waals surface area contributed by atoms with Crippen LogP contribution < -0.4 is 23.2 Å². The Morgan fingerprint density at radius 1 is 1.03 bits per heavy atom. The number of aromatic nitrogens is 1. The van der Waals surface area contributed by atoms with E-state index in [0.717, 1.165) is 12.5 Å². The fourth-order valence-corrected chi connectivity index (χ4v) is 6.11. The summed E-state index contributed by atoms with van der Waals surface area (Å²) in [6.45, 7) is 3.26. The Kier molecular flexibility index (Phi) is 7.42. The van der Waals surface area contributed by atoms with Gasteiger partial charge in [0.15, 0.2) is 0 Å². The Morgan fingerprint density at radius 2 is 1.74 bits per heavy atom. The molecule has 0 fully saturated rings. The lowest BCUT2D eigenvalue weighted by Gasteiger charge is -2.31. The molecule has 6 nitrogen and oxygen atoms in total. The van der Waals surface area contributed by atoms with Crippen molar-refractivity contribution in [2.45, 2.75) is 39.2 Å². The molecule has 1 atom stereocenters. The summed E-state index contributed by atoms with van der Waals surface area (Å²) in [5.41, 5.74) is 5.86. The van der Waals surface area contributed by atoms with Gasteiger partial charge >= 0.3 is 0 Å². The van der Waals surface area contributed by atoms with Crippen molar-refractivity contribution in [3.05, 3.63) is 70.4 Å². The minimum Gasteiger partial charge on any atom is -0.381 e. The van der Waals surface area contributed by atoms with Crippen molar-refractivity contribution in [3.8, 4) is 0 Å². The highest BCUT2D eigenvalue weighted by atomic mass is 35.7. The van der Waals surface area contributed by atoms with Crippen molar-refractivity contribution in [1.29, 1.82) is 0 Å². The van der Waals surface area contributed by atoms with Gasteiger partial charge in [-0.15, -0.1) is 10.2 Å². The highest BCUT2D eigenvalue weighted by Gasteiger charge is 2.25.